The van der Waals surface area contributed by atoms with E-state index in [-0.39, 0.29) is 50.6 Å². The van der Waals surface area contributed by atoms with Crippen LogP contribution in [0.1, 0.15) is 36.8 Å². The van der Waals surface area contributed by atoms with Gasteiger partial charge in [-0.15, -0.1) is 0 Å². The quantitative estimate of drug-likeness (QED) is 0.368. The standard InChI is InChI=1S/2C11H11ClO3.Ca/c2*12-9-6-4-8(5-7-9)2-1-3-10(13)11(14)15;/h2*4-7H,1-3H2,(H,14,15);/q;;+2/p-2. The van der Waals surface area contributed by atoms with Crippen molar-refractivity contribution < 1.29 is 29.4 Å². The first-order valence-electron chi connectivity index (χ1n) is 9.16. The summed E-state index contributed by atoms with van der Waals surface area (Å²) in [6.45, 7) is 0. The first-order chi connectivity index (χ1) is 14.2. The number of hydrogen-bond acceptors (Lipinski definition) is 6. The number of carboxylic acids is 2. The summed E-state index contributed by atoms with van der Waals surface area (Å²) in [7, 11) is 0. The Hall–Kier alpha value is -1.44. The summed E-state index contributed by atoms with van der Waals surface area (Å²) >= 11 is 11.4. The molecule has 0 aliphatic carbocycles. The number of aliphatic carboxylic acids is 2. The summed E-state index contributed by atoms with van der Waals surface area (Å²) in [6, 6.07) is 14.5. The average Bonchev–Trinajstić information content (AvgIpc) is 2.71. The first kappa shape index (κ1) is 29.6. The zero-order valence-electron chi connectivity index (χ0n) is 16.8. The number of carbonyl (C=O) groups excluding carboxylic acids is 4. The Morgan fingerprint density at radius 3 is 1.16 bits per heavy atom. The van der Waals surface area contributed by atoms with Crippen LogP contribution in [0.25, 0.3) is 0 Å². The van der Waals surface area contributed by atoms with E-state index >= 15 is 0 Å². The fourth-order valence-corrected chi connectivity index (χ4v) is 2.66. The molecule has 0 bridgehead atoms. The van der Waals surface area contributed by atoms with E-state index in [4.69, 9.17) is 23.2 Å². The molecule has 9 heteroatoms. The van der Waals surface area contributed by atoms with Crippen LogP contribution in [0.5, 0.6) is 0 Å². The monoisotopic (exact) mass is 490 g/mol. The molecule has 0 fully saturated rings. The van der Waals surface area contributed by atoms with Gasteiger partial charge in [0, 0.05) is 22.9 Å². The maximum Gasteiger partial charge on any atom is 2.00 e. The van der Waals surface area contributed by atoms with Gasteiger partial charge < -0.3 is 19.8 Å². The molecule has 0 N–H and O–H groups in total. The maximum atomic E-state index is 10.7. The zero-order valence-corrected chi connectivity index (χ0v) is 20.5. The molecule has 0 aromatic heterocycles. The van der Waals surface area contributed by atoms with Gasteiger partial charge in [0.15, 0.2) is 11.6 Å². The molecule has 0 spiro atoms. The molecule has 160 valence electrons. The second kappa shape index (κ2) is 16.2. The largest absolute Gasteiger partial charge is 2.00 e. The molecular weight excluding hydrogens is 471 g/mol. The van der Waals surface area contributed by atoms with Gasteiger partial charge in [0.2, 0.25) is 0 Å². The number of aryl methyl sites for hydroxylation is 2. The number of hydrogen-bond donors (Lipinski definition) is 0. The zero-order chi connectivity index (χ0) is 22.5. The van der Waals surface area contributed by atoms with E-state index in [1.54, 1.807) is 24.3 Å². The van der Waals surface area contributed by atoms with Crippen LogP contribution in [-0.2, 0) is 32.0 Å². The van der Waals surface area contributed by atoms with Gasteiger partial charge in [0.05, 0.1) is 0 Å². The number of carbonyl (C=O) groups is 4. The normalized spacial score (nSPS) is 9.61. The predicted molar refractivity (Wildman–Crippen MR) is 115 cm³/mol. The van der Waals surface area contributed by atoms with E-state index < -0.39 is 23.5 Å². The summed E-state index contributed by atoms with van der Waals surface area (Å²) in [5, 5.41) is 21.5. The van der Waals surface area contributed by atoms with Crippen LogP contribution in [0, 0.1) is 0 Å². The Kier molecular flexibility index (Phi) is 15.5. The molecule has 0 heterocycles. The van der Waals surface area contributed by atoms with E-state index in [0.29, 0.717) is 35.7 Å². The van der Waals surface area contributed by atoms with Crippen LogP contribution in [0.4, 0.5) is 0 Å². The third-order valence-corrected chi connectivity index (χ3v) is 4.52. The minimum absolute atomic E-state index is 0. The molecule has 31 heavy (non-hydrogen) atoms. The minimum atomic E-state index is -1.61. The maximum absolute atomic E-state index is 10.7. The summed E-state index contributed by atoms with van der Waals surface area (Å²) in [4.78, 5) is 41.6. The molecule has 6 nitrogen and oxygen atoms in total. The van der Waals surface area contributed by atoms with Crippen molar-refractivity contribution >= 4 is 84.4 Å². The van der Waals surface area contributed by atoms with Crippen molar-refractivity contribution in [3.8, 4) is 0 Å². The number of halogens is 2. The van der Waals surface area contributed by atoms with Crippen LogP contribution in [0.3, 0.4) is 0 Å². The van der Waals surface area contributed by atoms with Gasteiger partial charge in [-0.3, -0.25) is 9.59 Å². The second-order valence-corrected chi connectivity index (χ2v) is 7.25. The van der Waals surface area contributed by atoms with E-state index in [2.05, 4.69) is 0 Å². The van der Waals surface area contributed by atoms with Crippen molar-refractivity contribution in [2.45, 2.75) is 38.5 Å². The fraction of sp³-hybridized carbons (Fsp3) is 0.273. The van der Waals surface area contributed by atoms with Gasteiger partial charge >= 0.3 is 37.7 Å². The van der Waals surface area contributed by atoms with Gasteiger partial charge in [0.25, 0.3) is 0 Å². The van der Waals surface area contributed by atoms with Crippen molar-refractivity contribution in [3.63, 3.8) is 0 Å². The van der Waals surface area contributed by atoms with E-state index in [9.17, 15) is 29.4 Å². The predicted octanol–water partition coefficient (Wildman–Crippen LogP) is 1.58. The summed E-state index contributed by atoms with van der Waals surface area (Å²) in [5.41, 5.74) is 2.07. The molecule has 2 aromatic carbocycles. The fourth-order valence-electron chi connectivity index (χ4n) is 2.41. The Morgan fingerprint density at radius 1 is 0.613 bits per heavy atom. The van der Waals surface area contributed by atoms with Crippen LogP contribution in [0.15, 0.2) is 48.5 Å². The third kappa shape index (κ3) is 13.5. The van der Waals surface area contributed by atoms with Crippen molar-refractivity contribution in [3.05, 3.63) is 69.7 Å². The van der Waals surface area contributed by atoms with Gasteiger partial charge in [-0.25, -0.2) is 0 Å². The molecule has 2 rings (SSSR count). The van der Waals surface area contributed by atoms with Crippen LogP contribution in [0.2, 0.25) is 10.0 Å². The van der Waals surface area contributed by atoms with Crippen molar-refractivity contribution in [1.82, 2.24) is 0 Å². The Morgan fingerprint density at radius 2 is 0.903 bits per heavy atom. The molecule has 0 aliphatic heterocycles. The molecule has 0 unspecified atom stereocenters. The van der Waals surface area contributed by atoms with Crippen LogP contribution >= 0.6 is 23.2 Å². The Labute approximate surface area is 220 Å². The SMILES string of the molecule is O=C([O-])C(=O)CCCc1ccc(Cl)cc1.O=C([O-])C(=O)CCCc1ccc(Cl)cc1.[Ca+2]. The second-order valence-electron chi connectivity index (χ2n) is 6.38. The molecular formula is C22H20CaCl2O6. The van der Waals surface area contributed by atoms with E-state index in [0.717, 1.165) is 11.1 Å². The van der Waals surface area contributed by atoms with Crippen LogP contribution in [-0.4, -0.2) is 61.2 Å². The molecule has 0 amide bonds. The smallest absolute Gasteiger partial charge is 0.542 e. The van der Waals surface area contributed by atoms with Crippen LogP contribution < -0.4 is 10.2 Å². The molecule has 0 aliphatic rings. The molecule has 0 saturated carbocycles. The minimum Gasteiger partial charge on any atom is -0.542 e. The number of carboxylic acid groups (broad SMARTS) is 2. The Balaban J connectivity index is 0.000000562. The number of Topliss-reactive ketones (excluding diaryl/α,β-unsaturated/α-hetero) is 2. The molecule has 0 atom stereocenters. The van der Waals surface area contributed by atoms with Crippen molar-refractivity contribution in [1.29, 1.82) is 0 Å². The number of rotatable bonds is 10. The topological polar surface area (TPSA) is 114 Å². The first-order valence-corrected chi connectivity index (χ1v) is 9.92. The van der Waals surface area contributed by atoms with Gasteiger partial charge in [0.1, 0.15) is 11.9 Å². The molecule has 0 radical (unpaired) electrons. The van der Waals surface area contributed by atoms with E-state index in [1.807, 2.05) is 24.3 Å². The van der Waals surface area contributed by atoms with E-state index in [1.165, 1.54) is 0 Å². The molecule has 0 saturated heterocycles. The van der Waals surface area contributed by atoms with Gasteiger partial charge in [-0.05, 0) is 61.1 Å². The number of benzene rings is 2. The third-order valence-electron chi connectivity index (χ3n) is 4.02. The van der Waals surface area contributed by atoms with Crippen molar-refractivity contribution in [2.24, 2.45) is 0 Å². The summed E-state index contributed by atoms with van der Waals surface area (Å²) < 4.78 is 0. The number of ketones is 2. The van der Waals surface area contributed by atoms with Gasteiger partial charge in [-0.1, -0.05) is 47.5 Å². The van der Waals surface area contributed by atoms with Gasteiger partial charge in [-0.2, -0.15) is 0 Å². The average molecular weight is 491 g/mol. The van der Waals surface area contributed by atoms with Crippen molar-refractivity contribution in [2.75, 3.05) is 0 Å². The summed E-state index contributed by atoms with van der Waals surface area (Å²) in [6.07, 6.45) is 2.38. The molecule has 2 aromatic rings. The summed E-state index contributed by atoms with van der Waals surface area (Å²) in [5.74, 6) is -4.90. The Bertz CT molecular complexity index is 793.